The highest BCUT2D eigenvalue weighted by Crippen LogP contribution is 2.08. The summed E-state index contributed by atoms with van der Waals surface area (Å²) in [6, 6.07) is 5.68. The predicted octanol–water partition coefficient (Wildman–Crippen LogP) is 2.67. The van der Waals surface area contributed by atoms with Gasteiger partial charge >= 0.3 is 0 Å². The van der Waals surface area contributed by atoms with Crippen LogP contribution in [-0.2, 0) is 6.42 Å². The molecule has 0 aliphatic rings. The van der Waals surface area contributed by atoms with Crippen LogP contribution >= 0.6 is 0 Å². The Morgan fingerprint density at radius 1 is 1.29 bits per heavy atom. The first-order valence-corrected chi connectivity index (χ1v) is 5.07. The molecule has 0 aliphatic carbocycles. The zero-order valence-corrected chi connectivity index (χ0v) is 9.10. The van der Waals surface area contributed by atoms with Crippen molar-refractivity contribution in [1.29, 1.82) is 0 Å². The van der Waals surface area contributed by atoms with E-state index in [0.717, 1.165) is 24.1 Å². The van der Waals surface area contributed by atoms with Crippen molar-refractivity contribution in [3.63, 3.8) is 0 Å². The summed E-state index contributed by atoms with van der Waals surface area (Å²) in [5, 5.41) is 3.31. The molecule has 0 saturated carbocycles. The van der Waals surface area contributed by atoms with Crippen LogP contribution in [0.4, 0.5) is 4.39 Å². The second kappa shape index (κ2) is 5.11. The Labute approximate surface area is 85.3 Å². The number of hydrogen-bond acceptors (Lipinski definition) is 1. The van der Waals surface area contributed by atoms with Gasteiger partial charge in [-0.3, -0.25) is 0 Å². The van der Waals surface area contributed by atoms with Gasteiger partial charge in [0, 0.05) is 6.04 Å². The Bertz CT molecular complexity index is 274. The zero-order chi connectivity index (χ0) is 10.6. The van der Waals surface area contributed by atoms with E-state index in [1.165, 1.54) is 0 Å². The maximum atomic E-state index is 13.0. The van der Waals surface area contributed by atoms with E-state index in [-0.39, 0.29) is 5.82 Å². The fraction of sp³-hybridized carbons (Fsp3) is 0.500. The van der Waals surface area contributed by atoms with E-state index in [4.69, 9.17) is 0 Å². The van der Waals surface area contributed by atoms with Gasteiger partial charge in [0.2, 0.25) is 0 Å². The fourth-order valence-corrected chi connectivity index (χ4v) is 1.46. The molecule has 0 atom stereocenters. The number of benzene rings is 1. The van der Waals surface area contributed by atoms with E-state index in [1.807, 2.05) is 13.0 Å². The minimum absolute atomic E-state index is 0.135. The van der Waals surface area contributed by atoms with Crippen LogP contribution in [0.25, 0.3) is 0 Å². The molecule has 0 fully saturated rings. The molecule has 1 rings (SSSR count). The summed E-state index contributed by atoms with van der Waals surface area (Å²) in [4.78, 5) is 0. The van der Waals surface area contributed by atoms with Gasteiger partial charge in [-0.25, -0.2) is 4.39 Å². The smallest absolute Gasteiger partial charge is 0.123 e. The first-order valence-electron chi connectivity index (χ1n) is 5.07. The van der Waals surface area contributed by atoms with Crippen molar-refractivity contribution in [3.8, 4) is 0 Å². The Hall–Kier alpha value is -0.890. The maximum Gasteiger partial charge on any atom is 0.123 e. The fourth-order valence-electron chi connectivity index (χ4n) is 1.46. The first kappa shape index (κ1) is 11.2. The van der Waals surface area contributed by atoms with Crippen molar-refractivity contribution >= 4 is 0 Å². The van der Waals surface area contributed by atoms with E-state index in [2.05, 4.69) is 19.2 Å². The van der Waals surface area contributed by atoms with Crippen molar-refractivity contribution in [3.05, 3.63) is 35.1 Å². The molecule has 1 aromatic carbocycles. The molecule has 14 heavy (non-hydrogen) atoms. The van der Waals surface area contributed by atoms with Gasteiger partial charge in [-0.15, -0.1) is 0 Å². The molecule has 0 heterocycles. The summed E-state index contributed by atoms with van der Waals surface area (Å²) in [7, 11) is 0. The SMILES string of the molecule is Cc1cc(F)cc(CCNC(C)C)c1. The molecule has 1 N–H and O–H groups in total. The van der Waals surface area contributed by atoms with Gasteiger partial charge in [0.15, 0.2) is 0 Å². The van der Waals surface area contributed by atoms with Gasteiger partial charge < -0.3 is 5.32 Å². The highest BCUT2D eigenvalue weighted by Gasteiger charge is 1.98. The molecule has 0 bridgehead atoms. The molecule has 0 spiro atoms. The third-order valence-electron chi connectivity index (χ3n) is 2.07. The number of hydrogen-bond donors (Lipinski definition) is 1. The van der Waals surface area contributed by atoms with Crippen molar-refractivity contribution in [2.45, 2.75) is 33.2 Å². The van der Waals surface area contributed by atoms with E-state index < -0.39 is 0 Å². The molecule has 0 saturated heterocycles. The monoisotopic (exact) mass is 195 g/mol. The number of nitrogens with one attached hydrogen (secondary N) is 1. The summed E-state index contributed by atoms with van der Waals surface area (Å²) in [5.74, 6) is -0.135. The summed E-state index contributed by atoms with van der Waals surface area (Å²) in [6.45, 7) is 7.04. The Morgan fingerprint density at radius 2 is 2.00 bits per heavy atom. The van der Waals surface area contributed by atoms with Crippen molar-refractivity contribution < 1.29 is 4.39 Å². The van der Waals surface area contributed by atoms with Crippen LogP contribution in [0.2, 0.25) is 0 Å². The molecule has 0 aliphatic heterocycles. The summed E-state index contributed by atoms with van der Waals surface area (Å²) < 4.78 is 13.0. The van der Waals surface area contributed by atoms with E-state index >= 15 is 0 Å². The minimum Gasteiger partial charge on any atom is -0.314 e. The summed E-state index contributed by atoms with van der Waals surface area (Å²) in [6.07, 6.45) is 0.886. The molecule has 1 aromatic rings. The van der Waals surface area contributed by atoms with Crippen molar-refractivity contribution in [1.82, 2.24) is 5.32 Å². The van der Waals surface area contributed by atoms with Crippen LogP contribution in [0, 0.1) is 12.7 Å². The van der Waals surface area contributed by atoms with Crippen LogP contribution < -0.4 is 5.32 Å². The lowest BCUT2D eigenvalue weighted by molar-refractivity contribution is 0.586. The maximum absolute atomic E-state index is 13.0. The predicted molar refractivity (Wildman–Crippen MR) is 58.0 cm³/mol. The lowest BCUT2D eigenvalue weighted by Crippen LogP contribution is -2.24. The Kier molecular flexibility index (Phi) is 4.08. The van der Waals surface area contributed by atoms with Crippen molar-refractivity contribution in [2.24, 2.45) is 0 Å². The largest absolute Gasteiger partial charge is 0.314 e. The van der Waals surface area contributed by atoms with Crippen LogP contribution in [0.3, 0.4) is 0 Å². The average Bonchev–Trinajstić information content (AvgIpc) is 2.01. The standard InChI is InChI=1S/C12H18FN/c1-9(2)14-5-4-11-6-10(3)7-12(13)8-11/h6-9,14H,4-5H2,1-3H3. The lowest BCUT2D eigenvalue weighted by atomic mass is 10.1. The quantitative estimate of drug-likeness (QED) is 0.779. The number of rotatable bonds is 4. The lowest BCUT2D eigenvalue weighted by Gasteiger charge is -2.08. The van der Waals surface area contributed by atoms with Crippen LogP contribution in [-0.4, -0.2) is 12.6 Å². The molecular weight excluding hydrogens is 177 g/mol. The molecule has 78 valence electrons. The second-order valence-electron chi connectivity index (χ2n) is 4.00. The molecule has 0 unspecified atom stereocenters. The van der Waals surface area contributed by atoms with Gasteiger partial charge in [0.1, 0.15) is 5.82 Å². The average molecular weight is 195 g/mol. The molecule has 1 nitrogen and oxygen atoms in total. The molecule has 0 aromatic heterocycles. The second-order valence-corrected chi connectivity index (χ2v) is 4.00. The third-order valence-corrected chi connectivity index (χ3v) is 2.07. The highest BCUT2D eigenvalue weighted by atomic mass is 19.1. The van der Waals surface area contributed by atoms with Crippen LogP contribution in [0.5, 0.6) is 0 Å². The molecule has 0 radical (unpaired) electrons. The van der Waals surface area contributed by atoms with Gasteiger partial charge in [-0.05, 0) is 43.1 Å². The summed E-state index contributed by atoms with van der Waals surface area (Å²) >= 11 is 0. The van der Waals surface area contributed by atoms with Crippen LogP contribution in [0.1, 0.15) is 25.0 Å². The normalized spacial score (nSPS) is 10.9. The number of aryl methyl sites for hydroxylation is 1. The van der Waals surface area contributed by atoms with Gasteiger partial charge in [-0.1, -0.05) is 19.9 Å². The first-order chi connectivity index (χ1) is 6.58. The van der Waals surface area contributed by atoms with Crippen LogP contribution in [0.15, 0.2) is 18.2 Å². The topological polar surface area (TPSA) is 12.0 Å². The van der Waals surface area contributed by atoms with Gasteiger partial charge in [-0.2, -0.15) is 0 Å². The van der Waals surface area contributed by atoms with Crippen molar-refractivity contribution in [2.75, 3.05) is 6.54 Å². The molecular formula is C12H18FN. The van der Waals surface area contributed by atoms with E-state index in [1.54, 1.807) is 12.1 Å². The molecule has 2 heteroatoms. The van der Waals surface area contributed by atoms with E-state index in [0.29, 0.717) is 6.04 Å². The molecule has 0 amide bonds. The highest BCUT2D eigenvalue weighted by molar-refractivity contribution is 5.23. The van der Waals surface area contributed by atoms with Gasteiger partial charge in [0.25, 0.3) is 0 Å². The zero-order valence-electron chi connectivity index (χ0n) is 9.10. The Morgan fingerprint density at radius 3 is 2.57 bits per heavy atom. The minimum atomic E-state index is -0.135. The van der Waals surface area contributed by atoms with E-state index in [9.17, 15) is 4.39 Å². The third kappa shape index (κ3) is 3.88. The Balaban J connectivity index is 2.50. The summed E-state index contributed by atoms with van der Waals surface area (Å²) in [5.41, 5.74) is 2.06. The van der Waals surface area contributed by atoms with Gasteiger partial charge in [0.05, 0.1) is 0 Å². The number of halogens is 1.